The highest BCUT2D eigenvalue weighted by molar-refractivity contribution is 7.80. The van der Waals surface area contributed by atoms with Crippen LogP contribution in [-0.2, 0) is 6.18 Å². The van der Waals surface area contributed by atoms with E-state index in [-0.39, 0.29) is 10.6 Å². The van der Waals surface area contributed by atoms with Gasteiger partial charge >= 0.3 is 6.18 Å². The molecule has 0 saturated carbocycles. The average molecular weight is 316 g/mol. The van der Waals surface area contributed by atoms with Crippen molar-refractivity contribution < 1.29 is 13.2 Å². The number of alkyl halides is 3. The molecule has 21 heavy (non-hydrogen) atoms. The van der Waals surface area contributed by atoms with Gasteiger partial charge in [0.05, 0.1) is 5.56 Å². The molecule has 0 aromatic heterocycles. The average Bonchev–Trinajstić information content (AvgIpc) is 2.45. The summed E-state index contributed by atoms with van der Waals surface area (Å²) in [5, 5.41) is 0. The summed E-state index contributed by atoms with van der Waals surface area (Å²) in [4.78, 5) is 1.78. The highest BCUT2D eigenvalue weighted by Gasteiger charge is 2.35. The first-order valence-electron chi connectivity index (χ1n) is 7.09. The van der Waals surface area contributed by atoms with E-state index in [1.54, 1.807) is 6.07 Å². The SMILES string of the molecule is CCC1CCN(c2ccc(C(N)=S)c(C(F)(F)F)c2)CC1. The van der Waals surface area contributed by atoms with Gasteiger partial charge in [0, 0.05) is 24.3 Å². The summed E-state index contributed by atoms with van der Waals surface area (Å²) in [5.74, 6) is 0.680. The van der Waals surface area contributed by atoms with Gasteiger partial charge < -0.3 is 10.6 Å². The van der Waals surface area contributed by atoms with Gasteiger partial charge in [0.25, 0.3) is 0 Å². The van der Waals surface area contributed by atoms with Gasteiger partial charge in [-0.1, -0.05) is 25.6 Å². The predicted molar refractivity (Wildman–Crippen MR) is 82.6 cm³/mol. The van der Waals surface area contributed by atoms with Crippen molar-refractivity contribution in [1.29, 1.82) is 0 Å². The molecule has 2 rings (SSSR count). The van der Waals surface area contributed by atoms with Crippen LogP contribution in [0.2, 0.25) is 0 Å². The number of rotatable bonds is 3. The zero-order chi connectivity index (χ0) is 15.6. The minimum atomic E-state index is -4.45. The van der Waals surface area contributed by atoms with E-state index in [4.69, 9.17) is 18.0 Å². The Labute approximate surface area is 128 Å². The summed E-state index contributed by atoms with van der Waals surface area (Å²) in [7, 11) is 0. The maximum Gasteiger partial charge on any atom is 0.417 e. The first kappa shape index (κ1) is 16.1. The van der Waals surface area contributed by atoms with Crippen molar-refractivity contribution in [3.8, 4) is 0 Å². The summed E-state index contributed by atoms with van der Waals surface area (Å²) >= 11 is 4.71. The lowest BCUT2D eigenvalue weighted by Gasteiger charge is -2.33. The van der Waals surface area contributed by atoms with Crippen molar-refractivity contribution in [2.75, 3.05) is 18.0 Å². The Morgan fingerprint density at radius 2 is 1.95 bits per heavy atom. The summed E-state index contributed by atoms with van der Waals surface area (Å²) < 4.78 is 39.4. The Hall–Kier alpha value is -1.30. The molecule has 0 atom stereocenters. The normalized spacial score (nSPS) is 17.0. The minimum Gasteiger partial charge on any atom is -0.389 e. The molecule has 1 heterocycles. The molecule has 2 N–H and O–H groups in total. The maximum atomic E-state index is 13.1. The first-order chi connectivity index (χ1) is 9.82. The number of nitrogens with two attached hydrogens (primary N) is 1. The molecular weight excluding hydrogens is 297 g/mol. The standard InChI is InChI=1S/C15H19F3N2S/c1-2-10-5-7-20(8-6-10)11-3-4-12(14(19)21)13(9-11)15(16,17)18/h3-4,9-10H,2,5-8H2,1H3,(H2,19,21). The number of benzene rings is 1. The molecule has 1 fully saturated rings. The van der Waals surface area contributed by atoms with Crippen LogP contribution in [0.25, 0.3) is 0 Å². The molecule has 1 aromatic carbocycles. The lowest BCUT2D eigenvalue weighted by Crippen LogP contribution is -2.33. The van der Waals surface area contributed by atoms with E-state index >= 15 is 0 Å². The van der Waals surface area contributed by atoms with Gasteiger partial charge in [-0.25, -0.2) is 0 Å². The molecule has 116 valence electrons. The van der Waals surface area contributed by atoms with Gasteiger partial charge in [0.15, 0.2) is 0 Å². The summed E-state index contributed by atoms with van der Waals surface area (Å²) in [5.41, 5.74) is 5.14. The second-order valence-corrected chi connectivity index (χ2v) is 5.87. The van der Waals surface area contributed by atoms with E-state index in [0.29, 0.717) is 11.6 Å². The number of nitrogens with zero attached hydrogens (tertiary/aromatic N) is 1. The Balaban J connectivity index is 2.28. The maximum absolute atomic E-state index is 13.1. The van der Waals surface area contributed by atoms with Crippen LogP contribution in [0.3, 0.4) is 0 Å². The quantitative estimate of drug-likeness (QED) is 0.856. The molecule has 0 aliphatic carbocycles. The van der Waals surface area contributed by atoms with Crippen molar-refractivity contribution >= 4 is 22.9 Å². The van der Waals surface area contributed by atoms with Crippen LogP contribution in [-0.4, -0.2) is 18.1 Å². The molecule has 0 unspecified atom stereocenters. The predicted octanol–water partition coefficient (Wildman–Crippen LogP) is 3.97. The topological polar surface area (TPSA) is 29.3 Å². The number of hydrogen-bond acceptors (Lipinski definition) is 2. The van der Waals surface area contributed by atoms with Crippen molar-refractivity contribution in [2.24, 2.45) is 11.7 Å². The molecule has 1 saturated heterocycles. The third-order valence-electron chi connectivity index (χ3n) is 4.13. The van der Waals surface area contributed by atoms with Gasteiger partial charge in [-0.3, -0.25) is 0 Å². The van der Waals surface area contributed by atoms with Crippen molar-refractivity contribution in [3.63, 3.8) is 0 Å². The van der Waals surface area contributed by atoms with Crippen LogP contribution >= 0.6 is 12.2 Å². The Morgan fingerprint density at radius 1 is 1.33 bits per heavy atom. The largest absolute Gasteiger partial charge is 0.417 e. The van der Waals surface area contributed by atoms with E-state index in [9.17, 15) is 13.2 Å². The zero-order valence-corrected chi connectivity index (χ0v) is 12.7. The monoisotopic (exact) mass is 316 g/mol. The number of hydrogen-bond donors (Lipinski definition) is 1. The van der Waals surface area contributed by atoms with Crippen LogP contribution < -0.4 is 10.6 Å². The second-order valence-electron chi connectivity index (χ2n) is 5.43. The Kier molecular flexibility index (Phi) is 4.76. The first-order valence-corrected chi connectivity index (χ1v) is 7.49. The van der Waals surface area contributed by atoms with Gasteiger partial charge in [-0.2, -0.15) is 13.2 Å². The van der Waals surface area contributed by atoms with E-state index in [1.807, 2.05) is 4.90 Å². The minimum absolute atomic E-state index is 0.107. The fourth-order valence-electron chi connectivity index (χ4n) is 2.78. The fraction of sp³-hybridized carbons (Fsp3) is 0.533. The number of thiocarbonyl (C=S) groups is 1. The van der Waals surface area contributed by atoms with Crippen LogP contribution in [0, 0.1) is 5.92 Å². The number of anilines is 1. The molecule has 0 amide bonds. The third kappa shape index (κ3) is 3.67. The molecular formula is C15H19F3N2S. The third-order valence-corrected chi connectivity index (χ3v) is 4.35. The highest BCUT2D eigenvalue weighted by atomic mass is 32.1. The van der Waals surface area contributed by atoms with Gasteiger partial charge in [0.2, 0.25) is 0 Å². The van der Waals surface area contributed by atoms with Crippen molar-refractivity contribution in [1.82, 2.24) is 0 Å². The van der Waals surface area contributed by atoms with Crippen molar-refractivity contribution in [3.05, 3.63) is 29.3 Å². The highest BCUT2D eigenvalue weighted by Crippen LogP contribution is 2.35. The van der Waals surface area contributed by atoms with Crippen LogP contribution in [0.5, 0.6) is 0 Å². The lowest BCUT2D eigenvalue weighted by molar-refractivity contribution is -0.137. The van der Waals surface area contributed by atoms with Crippen LogP contribution in [0.4, 0.5) is 18.9 Å². The smallest absolute Gasteiger partial charge is 0.389 e. The van der Waals surface area contributed by atoms with E-state index < -0.39 is 11.7 Å². The molecule has 1 aliphatic rings. The Bertz CT molecular complexity index is 520. The van der Waals surface area contributed by atoms with Crippen molar-refractivity contribution in [2.45, 2.75) is 32.4 Å². The van der Waals surface area contributed by atoms with E-state index in [1.165, 1.54) is 12.1 Å². The Morgan fingerprint density at radius 3 is 2.43 bits per heavy atom. The molecule has 1 aromatic rings. The van der Waals surface area contributed by atoms with E-state index in [0.717, 1.165) is 32.4 Å². The summed E-state index contributed by atoms with van der Waals surface area (Å²) in [6.45, 7) is 3.74. The zero-order valence-electron chi connectivity index (χ0n) is 11.9. The lowest BCUT2D eigenvalue weighted by atomic mass is 9.94. The van der Waals surface area contributed by atoms with E-state index in [2.05, 4.69) is 6.92 Å². The molecule has 0 spiro atoms. The van der Waals surface area contributed by atoms with Gasteiger partial charge in [-0.15, -0.1) is 0 Å². The molecule has 6 heteroatoms. The number of piperidine rings is 1. The molecule has 0 bridgehead atoms. The summed E-state index contributed by atoms with van der Waals surface area (Å²) in [6.07, 6.45) is -1.28. The molecule has 2 nitrogen and oxygen atoms in total. The van der Waals surface area contributed by atoms with Gasteiger partial charge in [-0.05, 0) is 37.0 Å². The second kappa shape index (κ2) is 6.22. The van der Waals surface area contributed by atoms with Crippen LogP contribution in [0.1, 0.15) is 37.3 Å². The molecule has 1 aliphatic heterocycles. The fourth-order valence-corrected chi connectivity index (χ4v) is 2.96. The molecule has 0 radical (unpaired) electrons. The summed E-state index contributed by atoms with van der Waals surface area (Å²) in [6, 6.07) is 4.23. The number of halogens is 3. The van der Waals surface area contributed by atoms with Crippen LogP contribution in [0.15, 0.2) is 18.2 Å². The van der Waals surface area contributed by atoms with Gasteiger partial charge in [0.1, 0.15) is 4.99 Å².